The molecular formula is C15H10Cl2N2O2S. The van der Waals surface area contributed by atoms with Crippen LogP contribution in [0.5, 0.6) is 5.75 Å². The molecule has 0 saturated carbocycles. The minimum absolute atomic E-state index is 0.283. The standard InChI is InChI=1S/C15H10Cl2N2O2S/c1-21-12-4-2-8(6-10(12)17)14(20)19-15-18-11-7-9(16)3-5-13(11)22-15/h2-7H,1H3,(H,18,19,20). The molecule has 1 aromatic heterocycles. The van der Waals surface area contributed by atoms with Crippen LogP contribution < -0.4 is 10.1 Å². The summed E-state index contributed by atoms with van der Waals surface area (Å²) in [7, 11) is 1.52. The van der Waals surface area contributed by atoms with E-state index in [4.69, 9.17) is 27.9 Å². The van der Waals surface area contributed by atoms with E-state index in [9.17, 15) is 4.79 Å². The Kier molecular flexibility index (Phi) is 4.20. The molecule has 0 aliphatic rings. The lowest BCUT2D eigenvalue weighted by atomic mass is 10.2. The van der Waals surface area contributed by atoms with E-state index in [1.54, 1.807) is 30.3 Å². The Balaban J connectivity index is 1.84. The highest BCUT2D eigenvalue weighted by Crippen LogP contribution is 2.29. The van der Waals surface area contributed by atoms with Gasteiger partial charge in [0.2, 0.25) is 0 Å². The van der Waals surface area contributed by atoms with Gasteiger partial charge in [0, 0.05) is 10.6 Å². The molecule has 0 spiro atoms. The second kappa shape index (κ2) is 6.12. The molecule has 0 aliphatic carbocycles. The molecule has 3 aromatic rings. The quantitative estimate of drug-likeness (QED) is 0.731. The molecule has 7 heteroatoms. The van der Waals surface area contributed by atoms with Gasteiger partial charge >= 0.3 is 0 Å². The van der Waals surface area contributed by atoms with E-state index in [1.807, 2.05) is 6.07 Å². The zero-order chi connectivity index (χ0) is 15.7. The lowest BCUT2D eigenvalue weighted by molar-refractivity contribution is 0.102. The molecular weight excluding hydrogens is 343 g/mol. The molecule has 0 bridgehead atoms. The molecule has 22 heavy (non-hydrogen) atoms. The van der Waals surface area contributed by atoms with Gasteiger partial charge in [-0.3, -0.25) is 10.1 Å². The molecule has 1 amide bonds. The van der Waals surface area contributed by atoms with E-state index in [0.717, 1.165) is 10.2 Å². The minimum atomic E-state index is -0.283. The fourth-order valence-electron chi connectivity index (χ4n) is 1.93. The smallest absolute Gasteiger partial charge is 0.257 e. The maximum absolute atomic E-state index is 12.2. The number of benzene rings is 2. The number of amides is 1. The third kappa shape index (κ3) is 3.02. The Morgan fingerprint density at radius 1 is 1.23 bits per heavy atom. The molecule has 1 heterocycles. The number of halogens is 2. The SMILES string of the molecule is COc1ccc(C(=O)Nc2nc3cc(Cl)ccc3s2)cc1Cl. The van der Waals surface area contributed by atoms with Crippen molar-refractivity contribution in [3.8, 4) is 5.75 Å². The molecule has 0 radical (unpaired) electrons. The Bertz CT molecular complexity index is 864. The topological polar surface area (TPSA) is 51.2 Å². The summed E-state index contributed by atoms with van der Waals surface area (Å²) in [5, 5.41) is 4.26. The van der Waals surface area contributed by atoms with Gasteiger partial charge < -0.3 is 4.74 Å². The maximum Gasteiger partial charge on any atom is 0.257 e. The van der Waals surface area contributed by atoms with Crippen molar-refractivity contribution in [2.45, 2.75) is 0 Å². The number of thiazole rings is 1. The fraction of sp³-hybridized carbons (Fsp3) is 0.0667. The van der Waals surface area contributed by atoms with Crippen molar-refractivity contribution in [3.05, 3.63) is 52.0 Å². The van der Waals surface area contributed by atoms with Crippen LogP contribution in [0.4, 0.5) is 5.13 Å². The number of anilines is 1. The number of methoxy groups -OCH3 is 1. The van der Waals surface area contributed by atoms with Crippen molar-refractivity contribution in [2.75, 3.05) is 12.4 Å². The summed E-state index contributed by atoms with van der Waals surface area (Å²) in [6, 6.07) is 10.3. The average molecular weight is 353 g/mol. The van der Waals surface area contributed by atoms with Gasteiger partial charge in [-0.15, -0.1) is 0 Å². The predicted octanol–water partition coefficient (Wildman–Crippen LogP) is 4.86. The Hall–Kier alpha value is -1.82. The van der Waals surface area contributed by atoms with Gasteiger partial charge in [0.15, 0.2) is 5.13 Å². The Labute approximate surface area is 140 Å². The van der Waals surface area contributed by atoms with Crippen molar-refractivity contribution in [1.29, 1.82) is 0 Å². The van der Waals surface area contributed by atoms with Crippen LogP contribution in [-0.2, 0) is 0 Å². The van der Waals surface area contributed by atoms with Crippen LogP contribution in [0.25, 0.3) is 10.2 Å². The van der Waals surface area contributed by atoms with Crippen LogP contribution in [0.1, 0.15) is 10.4 Å². The largest absolute Gasteiger partial charge is 0.495 e. The number of ether oxygens (including phenoxy) is 1. The molecule has 1 N–H and O–H groups in total. The summed E-state index contributed by atoms with van der Waals surface area (Å²) in [5.74, 6) is 0.238. The molecule has 0 fully saturated rings. The summed E-state index contributed by atoms with van der Waals surface area (Å²) in [4.78, 5) is 16.6. The van der Waals surface area contributed by atoms with Crippen molar-refractivity contribution in [2.24, 2.45) is 0 Å². The van der Waals surface area contributed by atoms with Gasteiger partial charge in [-0.2, -0.15) is 0 Å². The third-order valence-electron chi connectivity index (χ3n) is 2.98. The summed E-state index contributed by atoms with van der Waals surface area (Å²) in [6.07, 6.45) is 0. The average Bonchev–Trinajstić information content (AvgIpc) is 2.88. The highest BCUT2D eigenvalue weighted by Gasteiger charge is 2.12. The van der Waals surface area contributed by atoms with Gasteiger partial charge in [0.1, 0.15) is 5.75 Å². The third-order valence-corrected chi connectivity index (χ3v) is 4.47. The van der Waals surface area contributed by atoms with Gasteiger partial charge in [0.05, 0.1) is 22.3 Å². The number of fused-ring (bicyclic) bond motifs is 1. The van der Waals surface area contributed by atoms with Crippen molar-refractivity contribution < 1.29 is 9.53 Å². The number of aromatic nitrogens is 1. The van der Waals surface area contributed by atoms with Crippen LogP contribution in [-0.4, -0.2) is 18.0 Å². The normalized spacial score (nSPS) is 10.7. The van der Waals surface area contributed by atoms with Gasteiger partial charge in [0.25, 0.3) is 5.91 Å². The summed E-state index contributed by atoms with van der Waals surface area (Å²) in [5.41, 5.74) is 1.18. The first-order valence-electron chi connectivity index (χ1n) is 6.28. The van der Waals surface area contributed by atoms with Gasteiger partial charge in [-0.25, -0.2) is 4.98 Å². The van der Waals surface area contributed by atoms with Crippen LogP contribution in [0.15, 0.2) is 36.4 Å². The monoisotopic (exact) mass is 352 g/mol. The highest BCUT2D eigenvalue weighted by atomic mass is 35.5. The second-order valence-electron chi connectivity index (χ2n) is 4.43. The lowest BCUT2D eigenvalue weighted by Crippen LogP contribution is -2.11. The van der Waals surface area contributed by atoms with E-state index in [-0.39, 0.29) is 5.91 Å². The van der Waals surface area contributed by atoms with Crippen molar-refractivity contribution in [1.82, 2.24) is 4.98 Å². The number of hydrogen-bond donors (Lipinski definition) is 1. The van der Waals surface area contributed by atoms with E-state index >= 15 is 0 Å². The zero-order valence-electron chi connectivity index (χ0n) is 11.4. The molecule has 2 aromatic carbocycles. The molecule has 0 unspecified atom stereocenters. The minimum Gasteiger partial charge on any atom is -0.495 e. The summed E-state index contributed by atoms with van der Waals surface area (Å²) in [6.45, 7) is 0. The second-order valence-corrected chi connectivity index (χ2v) is 6.31. The fourth-order valence-corrected chi connectivity index (χ4v) is 3.20. The number of rotatable bonds is 3. The molecule has 0 aliphatic heterocycles. The van der Waals surface area contributed by atoms with Crippen LogP contribution in [0, 0.1) is 0 Å². The first kappa shape index (κ1) is 15.1. The summed E-state index contributed by atoms with van der Waals surface area (Å²) < 4.78 is 6.01. The number of nitrogens with one attached hydrogen (secondary N) is 1. The molecule has 0 saturated heterocycles. The van der Waals surface area contributed by atoms with Crippen LogP contribution >= 0.6 is 34.5 Å². The van der Waals surface area contributed by atoms with E-state index in [0.29, 0.717) is 26.5 Å². The number of nitrogens with zero attached hydrogens (tertiary/aromatic N) is 1. The van der Waals surface area contributed by atoms with E-state index in [2.05, 4.69) is 10.3 Å². The summed E-state index contributed by atoms with van der Waals surface area (Å²) >= 11 is 13.3. The van der Waals surface area contributed by atoms with Crippen molar-refractivity contribution >= 4 is 55.8 Å². The Morgan fingerprint density at radius 3 is 2.77 bits per heavy atom. The van der Waals surface area contributed by atoms with E-state index in [1.165, 1.54) is 18.4 Å². The number of carbonyl (C=O) groups excluding carboxylic acids is 1. The Morgan fingerprint density at radius 2 is 2.05 bits per heavy atom. The molecule has 4 nitrogen and oxygen atoms in total. The highest BCUT2D eigenvalue weighted by molar-refractivity contribution is 7.22. The number of hydrogen-bond acceptors (Lipinski definition) is 4. The van der Waals surface area contributed by atoms with Crippen LogP contribution in [0.3, 0.4) is 0 Å². The maximum atomic E-state index is 12.2. The number of carbonyl (C=O) groups is 1. The zero-order valence-corrected chi connectivity index (χ0v) is 13.7. The van der Waals surface area contributed by atoms with Gasteiger partial charge in [-0.1, -0.05) is 34.5 Å². The van der Waals surface area contributed by atoms with Crippen LogP contribution in [0.2, 0.25) is 10.0 Å². The molecule has 3 rings (SSSR count). The van der Waals surface area contributed by atoms with E-state index < -0.39 is 0 Å². The first-order valence-corrected chi connectivity index (χ1v) is 7.85. The lowest BCUT2D eigenvalue weighted by Gasteiger charge is -2.05. The molecule has 0 atom stereocenters. The van der Waals surface area contributed by atoms with Crippen molar-refractivity contribution in [3.63, 3.8) is 0 Å². The first-order chi connectivity index (χ1) is 10.6. The molecule has 112 valence electrons. The van der Waals surface area contributed by atoms with Gasteiger partial charge in [-0.05, 0) is 36.4 Å². The predicted molar refractivity (Wildman–Crippen MR) is 90.6 cm³/mol.